The van der Waals surface area contributed by atoms with Crippen molar-refractivity contribution in [3.63, 3.8) is 0 Å². The first kappa shape index (κ1) is 18.0. The van der Waals surface area contributed by atoms with E-state index in [9.17, 15) is 8.42 Å². The van der Waals surface area contributed by atoms with Crippen LogP contribution in [-0.4, -0.2) is 65.1 Å². The second kappa shape index (κ2) is 6.51. The third kappa shape index (κ3) is 2.94. The summed E-state index contributed by atoms with van der Waals surface area (Å²) in [5.74, 6) is 2.13. The second-order valence-electron chi connectivity index (χ2n) is 7.31. The van der Waals surface area contributed by atoms with Crippen LogP contribution >= 0.6 is 0 Å². The van der Waals surface area contributed by atoms with E-state index >= 15 is 0 Å². The van der Waals surface area contributed by atoms with Crippen LogP contribution in [-0.2, 0) is 17.1 Å². The van der Waals surface area contributed by atoms with Crippen molar-refractivity contribution in [2.24, 2.45) is 11.4 Å². The zero-order valence-electron chi connectivity index (χ0n) is 16.3. The maximum atomic E-state index is 12.4. The van der Waals surface area contributed by atoms with Crippen molar-refractivity contribution in [3.8, 4) is 0 Å². The lowest BCUT2D eigenvalue weighted by Gasteiger charge is -2.24. The van der Waals surface area contributed by atoms with Crippen molar-refractivity contribution in [2.45, 2.75) is 18.2 Å². The van der Waals surface area contributed by atoms with E-state index in [0.717, 1.165) is 36.4 Å². The van der Waals surface area contributed by atoms with E-state index in [1.54, 1.807) is 23.0 Å². The van der Waals surface area contributed by atoms with Crippen LogP contribution in [0.25, 0.3) is 11.0 Å². The summed E-state index contributed by atoms with van der Waals surface area (Å²) in [7, 11) is -1.74. The molecule has 2 aliphatic rings. The average molecular weight is 411 g/mol. The van der Waals surface area contributed by atoms with E-state index in [4.69, 9.17) is 0 Å². The van der Waals surface area contributed by atoms with Crippen LogP contribution < -0.4 is 4.90 Å². The Morgan fingerprint density at radius 1 is 1.00 bits per heavy atom. The molecule has 0 unspecified atom stereocenters. The number of amidine groups is 1. The van der Waals surface area contributed by atoms with Crippen LogP contribution in [0.2, 0.25) is 0 Å². The summed E-state index contributed by atoms with van der Waals surface area (Å²) in [4.78, 5) is 13.8. The Hall–Kier alpha value is -3.01. The van der Waals surface area contributed by atoms with Gasteiger partial charge in [0.15, 0.2) is 11.5 Å². The van der Waals surface area contributed by atoms with Crippen molar-refractivity contribution < 1.29 is 8.42 Å². The maximum Gasteiger partial charge on any atom is 0.285 e. The van der Waals surface area contributed by atoms with Gasteiger partial charge in [-0.05, 0) is 25.5 Å². The number of hydrogen-bond donors (Lipinski definition) is 0. The minimum Gasteiger partial charge on any atom is -0.354 e. The van der Waals surface area contributed by atoms with Crippen molar-refractivity contribution in [2.75, 3.05) is 31.1 Å². The molecule has 0 spiro atoms. The average Bonchev–Trinajstić information content (AvgIpc) is 3.07. The Balaban J connectivity index is 1.46. The van der Waals surface area contributed by atoms with Crippen LogP contribution in [0.3, 0.4) is 0 Å². The molecule has 10 heteroatoms. The van der Waals surface area contributed by atoms with Crippen LogP contribution in [0, 0.1) is 6.92 Å². The SMILES string of the molecule is Cc1nc(N2CCCN(C3=NS(=O)(=O)c4ccccc43)CC2)c2cnn(C)c2n1. The number of rotatable bonds is 1. The number of aryl methyl sites for hydroxylation is 2. The highest BCUT2D eigenvalue weighted by Crippen LogP contribution is 2.29. The largest absolute Gasteiger partial charge is 0.354 e. The Morgan fingerprint density at radius 3 is 2.62 bits per heavy atom. The molecule has 9 nitrogen and oxygen atoms in total. The predicted octanol–water partition coefficient (Wildman–Crippen LogP) is 1.33. The summed E-state index contributed by atoms with van der Waals surface area (Å²) in [5.41, 5.74) is 1.50. The molecule has 1 aromatic carbocycles. The first-order valence-corrected chi connectivity index (χ1v) is 11.0. The molecule has 1 saturated heterocycles. The summed E-state index contributed by atoms with van der Waals surface area (Å²) < 4.78 is 30.7. The number of nitrogens with zero attached hydrogens (tertiary/aromatic N) is 7. The third-order valence-electron chi connectivity index (χ3n) is 5.39. The van der Waals surface area contributed by atoms with E-state index < -0.39 is 10.0 Å². The molecule has 0 atom stereocenters. The molecular formula is C19H21N7O2S. The van der Waals surface area contributed by atoms with E-state index in [-0.39, 0.29) is 0 Å². The smallest absolute Gasteiger partial charge is 0.285 e. The topological polar surface area (TPSA) is 96.6 Å². The van der Waals surface area contributed by atoms with Gasteiger partial charge < -0.3 is 9.80 Å². The molecule has 29 heavy (non-hydrogen) atoms. The lowest BCUT2D eigenvalue weighted by atomic mass is 10.2. The van der Waals surface area contributed by atoms with E-state index in [1.165, 1.54) is 0 Å². The molecule has 1 fully saturated rings. The molecule has 0 amide bonds. The normalized spacial score (nSPS) is 18.6. The molecule has 150 valence electrons. The van der Waals surface area contributed by atoms with Crippen molar-refractivity contribution in [3.05, 3.63) is 41.9 Å². The monoisotopic (exact) mass is 411 g/mol. The molecular weight excluding hydrogens is 390 g/mol. The summed E-state index contributed by atoms with van der Waals surface area (Å²) in [6.45, 7) is 4.81. The lowest BCUT2D eigenvalue weighted by Crippen LogP contribution is -2.35. The molecule has 0 radical (unpaired) electrons. The predicted molar refractivity (Wildman–Crippen MR) is 110 cm³/mol. The van der Waals surface area contributed by atoms with Crippen LogP contribution in [0.1, 0.15) is 17.8 Å². The number of hydrogen-bond acceptors (Lipinski definition) is 7. The standard InChI is InChI=1S/C19H21N7O2S/c1-13-21-17-15(12-20-24(17)2)18(22-13)25-8-5-9-26(11-10-25)19-14-6-3-4-7-16(14)29(27,28)23-19/h3-4,6-7,12H,5,8-11H2,1-2H3. The van der Waals surface area contributed by atoms with Crippen molar-refractivity contribution >= 4 is 32.7 Å². The van der Waals surface area contributed by atoms with Gasteiger partial charge in [-0.15, -0.1) is 4.40 Å². The Morgan fingerprint density at radius 2 is 1.76 bits per heavy atom. The summed E-state index contributed by atoms with van der Waals surface area (Å²) in [6, 6.07) is 7.03. The van der Waals surface area contributed by atoms with Gasteiger partial charge in [0, 0.05) is 38.8 Å². The Labute approximate surface area is 168 Å². The molecule has 0 N–H and O–H groups in total. The lowest BCUT2D eigenvalue weighted by molar-refractivity contribution is 0.450. The Bertz CT molecular complexity index is 1250. The highest BCUT2D eigenvalue weighted by molar-refractivity contribution is 7.90. The number of fused-ring (bicyclic) bond motifs is 2. The zero-order valence-corrected chi connectivity index (χ0v) is 17.1. The highest BCUT2D eigenvalue weighted by Gasteiger charge is 2.32. The summed E-state index contributed by atoms with van der Waals surface area (Å²) in [6.07, 6.45) is 2.67. The van der Waals surface area contributed by atoms with Crippen molar-refractivity contribution in [1.82, 2.24) is 24.6 Å². The molecule has 2 aliphatic heterocycles. The van der Waals surface area contributed by atoms with Crippen LogP contribution in [0.15, 0.2) is 39.8 Å². The van der Waals surface area contributed by atoms with Gasteiger partial charge >= 0.3 is 0 Å². The minimum absolute atomic E-state index is 0.291. The highest BCUT2D eigenvalue weighted by atomic mass is 32.2. The van der Waals surface area contributed by atoms with Gasteiger partial charge in [0.1, 0.15) is 16.5 Å². The van der Waals surface area contributed by atoms with Gasteiger partial charge in [-0.1, -0.05) is 12.1 Å². The molecule has 2 aromatic heterocycles. The van der Waals surface area contributed by atoms with Gasteiger partial charge in [-0.2, -0.15) is 13.5 Å². The quantitative estimate of drug-likeness (QED) is 0.596. The van der Waals surface area contributed by atoms with Gasteiger partial charge in [0.25, 0.3) is 10.0 Å². The first-order chi connectivity index (χ1) is 13.9. The number of benzene rings is 1. The molecule has 4 heterocycles. The first-order valence-electron chi connectivity index (χ1n) is 9.55. The molecule has 0 saturated carbocycles. The van der Waals surface area contributed by atoms with Crippen molar-refractivity contribution in [1.29, 1.82) is 0 Å². The molecule has 5 rings (SSSR count). The third-order valence-corrected chi connectivity index (χ3v) is 6.72. The maximum absolute atomic E-state index is 12.4. The van der Waals surface area contributed by atoms with Gasteiger partial charge in [0.05, 0.1) is 11.6 Å². The van der Waals surface area contributed by atoms with Gasteiger partial charge in [-0.3, -0.25) is 4.68 Å². The second-order valence-corrected chi connectivity index (χ2v) is 8.89. The minimum atomic E-state index is -3.61. The molecule has 0 bridgehead atoms. The van der Waals surface area contributed by atoms with E-state index in [1.807, 2.05) is 26.1 Å². The zero-order chi connectivity index (χ0) is 20.2. The number of aromatic nitrogens is 4. The van der Waals surface area contributed by atoms with E-state index in [2.05, 4.69) is 29.3 Å². The van der Waals surface area contributed by atoms with E-state index in [0.29, 0.717) is 35.2 Å². The number of anilines is 1. The van der Waals surface area contributed by atoms with Gasteiger partial charge in [0.2, 0.25) is 0 Å². The molecule has 3 aromatic rings. The molecule has 0 aliphatic carbocycles. The summed E-state index contributed by atoms with van der Waals surface area (Å²) >= 11 is 0. The fourth-order valence-electron chi connectivity index (χ4n) is 4.01. The van der Waals surface area contributed by atoms with Gasteiger partial charge in [-0.25, -0.2) is 9.97 Å². The Kier molecular flexibility index (Phi) is 4.05. The van der Waals surface area contributed by atoms with Crippen LogP contribution in [0.4, 0.5) is 5.82 Å². The fraction of sp³-hybridized carbons (Fsp3) is 0.368. The van der Waals surface area contributed by atoms with Crippen LogP contribution in [0.5, 0.6) is 0 Å². The fourth-order valence-corrected chi connectivity index (χ4v) is 5.24. The number of sulfonamides is 1. The summed E-state index contributed by atoms with van der Waals surface area (Å²) in [5, 5.41) is 5.25.